The van der Waals surface area contributed by atoms with Gasteiger partial charge in [0.15, 0.2) is 0 Å². The Hall–Kier alpha value is -5.64. The molecule has 9 rings (SSSR count). The number of para-hydroxylation sites is 4. The zero-order chi connectivity index (χ0) is 29.7. The molecule has 0 aliphatic heterocycles. The molecule has 0 unspecified atom stereocenters. The molecule has 0 N–H and O–H groups in total. The van der Waals surface area contributed by atoms with Crippen molar-refractivity contribution in [3.8, 4) is 16.8 Å². The van der Waals surface area contributed by atoms with E-state index in [0.717, 1.165) is 17.1 Å². The number of aromatic nitrogens is 1. The molecule has 0 saturated carbocycles. The molecule has 0 saturated heterocycles. The predicted molar refractivity (Wildman–Crippen MR) is 194 cm³/mol. The molecule has 2 aromatic heterocycles. The molecule has 3 heteroatoms. The van der Waals surface area contributed by atoms with Crippen molar-refractivity contribution in [2.24, 2.45) is 0 Å². The fourth-order valence-corrected chi connectivity index (χ4v) is 7.87. The van der Waals surface area contributed by atoms with Gasteiger partial charge < -0.3 is 9.47 Å². The molecular formula is C42H28N2S. The van der Waals surface area contributed by atoms with Crippen LogP contribution in [-0.2, 0) is 0 Å². The molecule has 2 nitrogen and oxygen atoms in total. The first-order chi connectivity index (χ1) is 22.3. The van der Waals surface area contributed by atoms with E-state index in [0.29, 0.717) is 0 Å². The first kappa shape index (κ1) is 25.8. The van der Waals surface area contributed by atoms with Crippen molar-refractivity contribution in [2.75, 3.05) is 4.90 Å². The second-order valence-electron chi connectivity index (χ2n) is 11.4. The van der Waals surface area contributed by atoms with E-state index in [1.54, 1.807) is 0 Å². The highest BCUT2D eigenvalue weighted by Gasteiger charge is 2.16. The highest BCUT2D eigenvalue weighted by atomic mass is 32.1. The number of rotatable bonds is 5. The molecule has 0 amide bonds. The van der Waals surface area contributed by atoms with Crippen molar-refractivity contribution < 1.29 is 0 Å². The number of benzene rings is 7. The summed E-state index contributed by atoms with van der Waals surface area (Å²) in [5.41, 5.74) is 9.56. The van der Waals surface area contributed by atoms with Gasteiger partial charge in [0.25, 0.3) is 0 Å². The number of thiophene rings is 1. The van der Waals surface area contributed by atoms with E-state index in [4.69, 9.17) is 0 Å². The molecule has 0 spiro atoms. The van der Waals surface area contributed by atoms with Crippen LogP contribution in [0.3, 0.4) is 0 Å². The standard InChI is InChI=1S/C42H28N2S/c1-4-12-31(13-5-1)43(32-14-6-2-7-15-32)34-22-24-37-36-23-20-30(27-41(36)45-42(37)28-34)29-21-25-40-38(26-29)35-18-10-11-19-39(35)44(40)33-16-8-3-9-17-33/h1-28H. The van der Waals surface area contributed by atoms with Crippen LogP contribution in [0.5, 0.6) is 0 Å². The fourth-order valence-electron chi connectivity index (χ4n) is 6.69. The molecule has 0 radical (unpaired) electrons. The Morgan fingerprint density at radius 2 is 0.933 bits per heavy atom. The SMILES string of the molecule is c1ccc(N(c2ccccc2)c2ccc3c(c2)sc2cc(-c4ccc5c(c4)c4ccccc4n5-c4ccccc4)ccc23)cc1. The molecule has 2 heterocycles. The van der Waals surface area contributed by atoms with Gasteiger partial charge in [-0.15, -0.1) is 11.3 Å². The lowest BCUT2D eigenvalue weighted by Gasteiger charge is -2.25. The van der Waals surface area contributed by atoms with E-state index in [2.05, 4.69) is 179 Å². The Labute approximate surface area is 265 Å². The lowest BCUT2D eigenvalue weighted by atomic mass is 10.0. The topological polar surface area (TPSA) is 8.17 Å². The molecule has 7 aromatic carbocycles. The second kappa shape index (κ2) is 10.5. The highest BCUT2D eigenvalue weighted by molar-refractivity contribution is 7.25. The third-order valence-electron chi connectivity index (χ3n) is 8.76. The van der Waals surface area contributed by atoms with Crippen LogP contribution in [0, 0.1) is 0 Å². The van der Waals surface area contributed by atoms with Gasteiger partial charge in [-0.3, -0.25) is 0 Å². The van der Waals surface area contributed by atoms with Crippen LogP contribution in [0.4, 0.5) is 17.1 Å². The first-order valence-electron chi connectivity index (χ1n) is 15.3. The smallest absolute Gasteiger partial charge is 0.0541 e. The molecular weight excluding hydrogens is 565 g/mol. The summed E-state index contributed by atoms with van der Waals surface area (Å²) in [4.78, 5) is 2.33. The number of hydrogen-bond acceptors (Lipinski definition) is 2. The largest absolute Gasteiger partial charge is 0.310 e. The molecule has 45 heavy (non-hydrogen) atoms. The van der Waals surface area contributed by atoms with E-state index < -0.39 is 0 Å². The molecule has 9 aromatic rings. The maximum absolute atomic E-state index is 2.37. The van der Waals surface area contributed by atoms with Crippen LogP contribution in [0.25, 0.3) is 58.8 Å². The van der Waals surface area contributed by atoms with Crippen molar-refractivity contribution in [1.29, 1.82) is 0 Å². The number of fused-ring (bicyclic) bond motifs is 6. The average Bonchev–Trinajstić information content (AvgIpc) is 3.64. The maximum Gasteiger partial charge on any atom is 0.0541 e. The summed E-state index contributed by atoms with van der Waals surface area (Å²) >= 11 is 1.87. The van der Waals surface area contributed by atoms with Gasteiger partial charge in [0.2, 0.25) is 0 Å². The minimum Gasteiger partial charge on any atom is -0.310 e. The average molecular weight is 593 g/mol. The summed E-state index contributed by atoms with van der Waals surface area (Å²) in [7, 11) is 0. The number of anilines is 3. The lowest BCUT2D eigenvalue weighted by molar-refractivity contribution is 1.18. The monoisotopic (exact) mass is 592 g/mol. The lowest BCUT2D eigenvalue weighted by Crippen LogP contribution is -2.09. The van der Waals surface area contributed by atoms with Gasteiger partial charge >= 0.3 is 0 Å². The number of hydrogen-bond donors (Lipinski definition) is 0. The Kier molecular flexibility index (Phi) is 6.03. The quantitative estimate of drug-likeness (QED) is 0.193. The third kappa shape index (κ3) is 4.32. The Bertz CT molecular complexity index is 2440. The third-order valence-corrected chi connectivity index (χ3v) is 9.88. The fraction of sp³-hybridized carbons (Fsp3) is 0. The van der Waals surface area contributed by atoms with Crippen LogP contribution in [-0.4, -0.2) is 4.57 Å². The molecule has 0 bridgehead atoms. The van der Waals surface area contributed by atoms with Gasteiger partial charge in [0, 0.05) is 53.7 Å². The van der Waals surface area contributed by atoms with Crippen LogP contribution >= 0.6 is 11.3 Å². The second-order valence-corrected chi connectivity index (χ2v) is 12.5. The van der Waals surface area contributed by atoms with Crippen LogP contribution in [0.15, 0.2) is 170 Å². The first-order valence-corrected chi connectivity index (χ1v) is 16.1. The molecule has 0 fully saturated rings. The minimum atomic E-state index is 1.15. The van der Waals surface area contributed by atoms with Gasteiger partial charge in [-0.2, -0.15) is 0 Å². The van der Waals surface area contributed by atoms with Gasteiger partial charge in [-0.1, -0.05) is 97.1 Å². The van der Waals surface area contributed by atoms with Crippen LogP contribution < -0.4 is 4.90 Å². The van der Waals surface area contributed by atoms with Crippen molar-refractivity contribution >= 4 is 70.4 Å². The van der Waals surface area contributed by atoms with E-state index in [1.807, 2.05) is 11.3 Å². The maximum atomic E-state index is 2.37. The summed E-state index contributed by atoms with van der Waals surface area (Å²) in [5, 5.41) is 5.15. The van der Waals surface area contributed by atoms with E-state index in [1.165, 1.54) is 58.8 Å². The van der Waals surface area contributed by atoms with Gasteiger partial charge in [0.1, 0.15) is 0 Å². The van der Waals surface area contributed by atoms with Crippen molar-refractivity contribution in [3.63, 3.8) is 0 Å². The number of nitrogens with zero attached hydrogens (tertiary/aromatic N) is 2. The minimum absolute atomic E-state index is 1.15. The van der Waals surface area contributed by atoms with Crippen molar-refractivity contribution in [2.45, 2.75) is 0 Å². The van der Waals surface area contributed by atoms with Gasteiger partial charge in [0.05, 0.1) is 11.0 Å². The van der Waals surface area contributed by atoms with Gasteiger partial charge in [-0.25, -0.2) is 0 Å². The summed E-state index contributed by atoms with van der Waals surface area (Å²) in [6, 6.07) is 61.3. The normalized spacial score (nSPS) is 11.6. The molecule has 0 aliphatic carbocycles. The summed E-state index contributed by atoms with van der Waals surface area (Å²) in [5.74, 6) is 0. The van der Waals surface area contributed by atoms with E-state index in [9.17, 15) is 0 Å². The zero-order valence-corrected chi connectivity index (χ0v) is 25.3. The van der Waals surface area contributed by atoms with E-state index >= 15 is 0 Å². The Balaban J connectivity index is 1.16. The Morgan fingerprint density at radius 3 is 1.67 bits per heavy atom. The van der Waals surface area contributed by atoms with Crippen LogP contribution in [0.2, 0.25) is 0 Å². The van der Waals surface area contributed by atoms with E-state index in [-0.39, 0.29) is 0 Å². The Morgan fingerprint density at radius 1 is 0.378 bits per heavy atom. The summed E-state index contributed by atoms with van der Waals surface area (Å²) in [6.07, 6.45) is 0. The highest BCUT2D eigenvalue weighted by Crippen LogP contribution is 2.42. The summed E-state index contributed by atoms with van der Waals surface area (Å²) < 4.78 is 4.96. The molecule has 212 valence electrons. The van der Waals surface area contributed by atoms with Crippen molar-refractivity contribution in [1.82, 2.24) is 4.57 Å². The van der Waals surface area contributed by atoms with Gasteiger partial charge in [-0.05, 0) is 83.9 Å². The van der Waals surface area contributed by atoms with Crippen molar-refractivity contribution in [3.05, 3.63) is 170 Å². The molecule has 0 atom stereocenters. The van der Waals surface area contributed by atoms with Crippen LogP contribution in [0.1, 0.15) is 0 Å². The molecule has 0 aliphatic rings. The zero-order valence-electron chi connectivity index (χ0n) is 24.5. The summed E-state index contributed by atoms with van der Waals surface area (Å²) in [6.45, 7) is 0. The predicted octanol–water partition coefficient (Wildman–Crippen LogP) is 12.3.